The van der Waals surface area contributed by atoms with Crippen molar-refractivity contribution < 1.29 is 19.1 Å². The Hall–Kier alpha value is -3.26. The second-order valence-electron chi connectivity index (χ2n) is 4.77. The fourth-order valence-corrected chi connectivity index (χ4v) is 2.53. The molecule has 1 aliphatic rings. The minimum atomic E-state index is -1.34. The Morgan fingerprint density at radius 2 is 1.71 bits per heavy atom. The lowest BCUT2D eigenvalue weighted by Gasteiger charge is -2.42. The van der Waals surface area contributed by atoms with E-state index in [9.17, 15) is 20.1 Å². The summed E-state index contributed by atoms with van der Waals surface area (Å²) in [5.74, 6) is 0. The molecule has 2 amide bonds. The van der Waals surface area contributed by atoms with Crippen LogP contribution in [0.5, 0.6) is 0 Å². The van der Waals surface area contributed by atoms with Gasteiger partial charge in [0.2, 0.25) is 6.17 Å². The van der Waals surface area contributed by atoms with E-state index in [4.69, 9.17) is 9.47 Å². The SMILES string of the molecule is CCOC(=O)N1c2ccccc2C(C#N)N(C(=O)OCC)C1C#N. The second kappa shape index (κ2) is 7.34. The van der Waals surface area contributed by atoms with Crippen molar-refractivity contribution >= 4 is 17.9 Å². The molecule has 0 spiro atoms. The molecule has 0 radical (unpaired) electrons. The number of para-hydroxylation sites is 1. The summed E-state index contributed by atoms with van der Waals surface area (Å²) in [5, 5.41) is 19.1. The third-order valence-electron chi connectivity index (χ3n) is 3.46. The lowest BCUT2D eigenvalue weighted by molar-refractivity contribution is 0.0823. The number of anilines is 1. The summed E-state index contributed by atoms with van der Waals surface area (Å²) in [6, 6.07) is 9.42. The molecule has 0 fully saturated rings. The summed E-state index contributed by atoms with van der Waals surface area (Å²) in [4.78, 5) is 26.6. The van der Waals surface area contributed by atoms with Gasteiger partial charge in [-0.15, -0.1) is 0 Å². The molecule has 0 saturated heterocycles. The van der Waals surface area contributed by atoms with Crippen LogP contribution >= 0.6 is 0 Å². The standard InChI is InChI=1S/C16H16N4O4/c1-3-23-15(21)19-12-8-6-5-7-11(12)13(9-17)20(14(19)10-18)16(22)24-4-2/h5-8,13-14H,3-4H2,1-2H3. The van der Waals surface area contributed by atoms with Crippen molar-refractivity contribution in [3.63, 3.8) is 0 Å². The highest BCUT2D eigenvalue weighted by molar-refractivity contribution is 5.92. The van der Waals surface area contributed by atoms with Gasteiger partial charge in [0.05, 0.1) is 25.0 Å². The highest BCUT2D eigenvalue weighted by Crippen LogP contribution is 2.39. The normalized spacial score (nSPS) is 18.8. The molecule has 2 rings (SSSR count). The first kappa shape index (κ1) is 17.1. The third kappa shape index (κ3) is 2.82. The average molecular weight is 328 g/mol. The second-order valence-corrected chi connectivity index (χ2v) is 4.77. The van der Waals surface area contributed by atoms with E-state index < -0.39 is 24.4 Å². The number of nitriles is 2. The zero-order valence-electron chi connectivity index (χ0n) is 13.3. The number of nitrogens with zero attached hydrogens (tertiary/aromatic N) is 4. The van der Waals surface area contributed by atoms with Crippen LogP contribution < -0.4 is 4.90 Å². The zero-order chi connectivity index (χ0) is 17.7. The number of amides is 2. The van der Waals surface area contributed by atoms with E-state index in [1.165, 1.54) is 0 Å². The number of hydrogen-bond acceptors (Lipinski definition) is 6. The van der Waals surface area contributed by atoms with Crippen LogP contribution in [0.3, 0.4) is 0 Å². The van der Waals surface area contributed by atoms with Gasteiger partial charge >= 0.3 is 12.2 Å². The fourth-order valence-electron chi connectivity index (χ4n) is 2.53. The number of fused-ring (bicyclic) bond motifs is 1. The summed E-state index contributed by atoms with van der Waals surface area (Å²) in [6.07, 6.45) is -2.97. The molecule has 124 valence electrons. The molecule has 2 atom stereocenters. The highest BCUT2D eigenvalue weighted by Gasteiger charge is 2.46. The van der Waals surface area contributed by atoms with E-state index in [-0.39, 0.29) is 13.2 Å². The molecule has 0 saturated carbocycles. The van der Waals surface area contributed by atoms with Gasteiger partial charge in [-0.3, -0.25) is 4.90 Å². The van der Waals surface area contributed by atoms with Crippen molar-refractivity contribution in [2.75, 3.05) is 18.1 Å². The van der Waals surface area contributed by atoms with Gasteiger partial charge in [0.1, 0.15) is 6.07 Å². The number of benzene rings is 1. The molecule has 0 bridgehead atoms. The first-order chi connectivity index (χ1) is 11.6. The van der Waals surface area contributed by atoms with Gasteiger partial charge in [-0.1, -0.05) is 18.2 Å². The Morgan fingerprint density at radius 1 is 1.08 bits per heavy atom. The molecule has 2 unspecified atom stereocenters. The number of carbonyl (C=O) groups is 2. The van der Waals surface area contributed by atoms with Gasteiger partial charge in [-0.05, 0) is 19.9 Å². The minimum Gasteiger partial charge on any atom is -0.450 e. The smallest absolute Gasteiger partial charge is 0.416 e. The van der Waals surface area contributed by atoms with Gasteiger partial charge in [0.15, 0.2) is 6.04 Å². The number of ether oxygens (including phenoxy) is 2. The maximum absolute atomic E-state index is 12.3. The fraction of sp³-hybridized carbons (Fsp3) is 0.375. The van der Waals surface area contributed by atoms with Crippen LogP contribution in [0.15, 0.2) is 24.3 Å². The van der Waals surface area contributed by atoms with Crippen molar-refractivity contribution in [3.8, 4) is 12.1 Å². The Labute approximate surface area is 139 Å². The van der Waals surface area contributed by atoms with Gasteiger partial charge in [0, 0.05) is 5.56 Å². The molecule has 0 aromatic heterocycles. The van der Waals surface area contributed by atoms with Crippen molar-refractivity contribution in [1.82, 2.24) is 4.90 Å². The zero-order valence-corrected chi connectivity index (χ0v) is 13.3. The summed E-state index contributed by atoms with van der Waals surface area (Å²) >= 11 is 0. The van der Waals surface area contributed by atoms with Crippen LogP contribution in [-0.2, 0) is 9.47 Å². The molecule has 1 aromatic rings. The number of carbonyl (C=O) groups excluding carboxylic acids is 2. The monoisotopic (exact) mass is 328 g/mol. The Balaban J connectivity index is 2.62. The number of hydrogen-bond donors (Lipinski definition) is 0. The quantitative estimate of drug-likeness (QED) is 0.825. The average Bonchev–Trinajstić information content (AvgIpc) is 2.59. The van der Waals surface area contributed by atoms with Crippen molar-refractivity contribution in [2.24, 2.45) is 0 Å². The Morgan fingerprint density at radius 3 is 2.29 bits per heavy atom. The van der Waals surface area contributed by atoms with E-state index in [1.54, 1.807) is 38.1 Å². The predicted molar refractivity (Wildman–Crippen MR) is 82.6 cm³/mol. The molecule has 0 aliphatic carbocycles. The maximum Gasteiger partial charge on any atom is 0.416 e. The summed E-state index contributed by atoms with van der Waals surface area (Å²) in [7, 11) is 0. The van der Waals surface area contributed by atoms with Crippen molar-refractivity contribution in [2.45, 2.75) is 26.1 Å². The molecule has 1 aromatic carbocycles. The van der Waals surface area contributed by atoms with Crippen LogP contribution in [0.25, 0.3) is 0 Å². The Kier molecular flexibility index (Phi) is 5.23. The lowest BCUT2D eigenvalue weighted by atomic mass is 9.99. The molecular weight excluding hydrogens is 312 g/mol. The van der Waals surface area contributed by atoms with Gasteiger partial charge in [-0.25, -0.2) is 14.5 Å². The first-order valence-corrected chi connectivity index (χ1v) is 7.39. The predicted octanol–water partition coefficient (Wildman–Crippen LogP) is 2.54. The highest BCUT2D eigenvalue weighted by atomic mass is 16.6. The minimum absolute atomic E-state index is 0.0761. The van der Waals surface area contributed by atoms with Crippen LogP contribution in [0.1, 0.15) is 25.5 Å². The summed E-state index contributed by atoms with van der Waals surface area (Å²) in [6.45, 7) is 3.43. The molecule has 1 aliphatic heterocycles. The van der Waals surface area contributed by atoms with Crippen LogP contribution in [0, 0.1) is 22.7 Å². The van der Waals surface area contributed by atoms with Crippen LogP contribution in [-0.4, -0.2) is 36.5 Å². The van der Waals surface area contributed by atoms with Gasteiger partial charge in [-0.2, -0.15) is 10.5 Å². The van der Waals surface area contributed by atoms with E-state index in [0.717, 1.165) is 9.80 Å². The topological polar surface area (TPSA) is 107 Å². The van der Waals surface area contributed by atoms with Crippen molar-refractivity contribution in [3.05, 3.63) is 29.8 Å². The van der Waals surface area contributed by atoms with Crippen LogP contribution in [0.2, 0.25) is 0 Å². The van der Waals surface area contributed by atoms with E-state index >= 15 is 0 Å². The van der Waals surface area contributed by atoms with E-state index in [2.05, 4.69) is 0 Å². The van der Waals surface area contributed by atoms with Gasteiger partial charge < -0.3 is 9.47 Å². The lowest BCUT2D eigenvalue weighted by Crippen LogP contribution is -2.57. The summed E-state index contributed by atoms with van der Waals surface area (Å²) in [5.41, 5.74) is 0.780. The molecule has 8 nitrogen and oxygen atoms in total. The molecule has 8 heteroatoms. The largest absolute Gasteiger partial charge is 0.450 e. The van der Waals surface area contributed by atoms with E-state index in [1.807, 2.05) is 12.1 Å². The van der Waals surface area contributed by atoms with Crippen LogP contribution in [0.4, 0.5) is 15.3 Å². The Bertz CT molecular complexity index is 722. The molecule has 0 N–H and O–H groups in total. The third-order valence-corrected chi connectivity index (χ3v) is 3.46. The first-order valence-electron chi connectivity index (χ1n) is 7.39. The molecule has 1 heterocycles. The van der Waals surface area contributed by atoms with Crippen molar-refractivity contribution in [1.29, 1.82) is 10.5 Å². The molecule has 24 heavy (non-hydrogen) atoms. The summed E-state index contributed by atoms with van der Waals surface area (Å²) < 4.78 is 9.96. The maximum atomic E-state index is 12.3. The number of rotatable bonds is 2. The molecular formula is C16H16N4O4. The van der Waals surface area contributed by atoms with E-state index in [0.29, 0.717) is 11.3 Å². The van der Waals surface area contributed by atoms with Gasteiger partial charge in [0.25, 0.3) is 0 Å².